The highest BCUT2D eigenvalue weighted by molar-refractivity contribution is 5.21. The first-order valence-electron chi connectivity index (χ1n) is 4.82. The Morgan fingerprint density at radius 3 is 2.43 bits per heavy atom. The molecule has 0 unspecified atom stereocenters. The smallest absolute Gasteiger partial charge is 0.159 e. The van der Waals surface area contributed by atoms with Crippen LogP contribution in [0.1, 0.15) is 24.8 Å². The molecule has 0 heterocycles. The van der Waals surface area contributed by atoms with Gasteiger partial charge in [0.2, 0.25) is 0 Å². The second-order valence-corrected chi connectivity index (χ2v) is 4.14. The highest BCUT2D eigenvalue weighted by atomic mass is 19.2. The second-order valence-electron chi connectivity index (χ2n) is 4.14. The average molecular weight is 197 g/mol. The van der Waals surface area contributed by atoms with E-state index in [2.05, 4.69) is 0 Å². The molecule has 3 heteroatoms. The number of hydrogen-bond acceptors (Lipinski definition) is 1. The molecule has 0 aromatic heterocycles. The molecule has 1 nitrogen and oxygen atoms in total. The number of rotatable bonds is 2. The van der Waals surface area contributed by atoms with Crippen molar-refractivity contribution in [3.63, 3.8) is 0 Å². The highest BCUT2D eigenvalue weighted by Gasteiger charge is 2.32. The SMILES string of the molecule is NC1(Cc2ccc(F)c(F)c2)CCC1. The van der Waals surface area contributed by atoms with E-state index in [4.69, 9.17) is 5.73 Å². The van der Waals surface area contributed by atoms with E-state index in [1.807, 2.05) is 0 Å². The molecule has 1 aromatic rings. The van der Waals surface area contributed by atoms with Gasteiger partial charge in [-0.2, -0.15) is 0 Å². The van der Waals surface area contributed by atoms with Crippen LogP contribution < -0.4 is 5.73 Å². The highest BCUT2D eigenvalue weighted by Crippen LogP contribution is 2.32. The third-order valence-corrected chi connectivity index (χ3v) is 2.89. The number of hydrogen-bond donors (Lipinski definition) is 1. The zero-order valence-corrected chi connectivity index (χ0v) is 7.89. The van der Waals surface area contributed by atoms with Crippen molar-refractivity contribution in [2.45, 2.75) is 31.2 Å². The largest absolute Gasteiger partial charge is 0.325 e. The van der Waals surface area contributed by atoms with Gasteiger partial charge in [-0.25, -0.2) is 8.78 Å². The van der Waals surface area contributed by atoms with Crippen LogP contribution in [0.15, 0.2) is 18.2 Å². The summed E-state index contributed by atoms with van der Waals surface area (Å²) in [5.74, 6) is -1.58. The third kappa shape index (κ3) is 1.77. The summed E-state index contributed by atoms with van der Waals surface area (Å²) in [6, 6.07) is 4.00. The summed E-state index contributed by atoms with van der Waals surface area (Å²) in [4.78, 5) is 0. The van der Waals surface area contributed by atoms with Gasteiger partial charge in [-0.1, -0.05) is 6.07 Å². The van der Waals surface area contributed by atoms with Crippen LogP contribution in [0.5, 0.6) is 0 Å². The summed E-state index contributed by atoms with van der Waals surface area (Å²) >= 11 is 0. The maximum absolute atomic E-state index is 12.9. The van der Waals surface area contributed by atoms with Gasteiger partial charge in [0.15, 0.2) is 11.6 Å². The molecule has 1 saturated carbocycles. The lowest BCUT2D eigenvalue weighted by Crippen LogP contribution is -2.48. The van der Waals surface area contributed by atoms with E-state index in [1.54, 1.807) is 6.07 Å². The molecule has 0 spiro atoms. The molecule has 14 heavy (non-hydrogen) atoms. The lowest BCUT2D eigenvalue weighted by molar-refractivity contribution is 0.247. The minimum Gasteiger partial charge on any atom is -0.325 e. The summed E-state index contributed by atoms with van der Waals surface area (Å²) in [7, 11) is 0. The fraction of sp³-hybridized carbons (Fsp3) is 0.455. The number of halogens is 2. The molecule has 0 saturated heterocycles. The van der Waals surface area contributed by atoms with Crippen LogP contribution in [-0.2, 0) is 6.42 Å². The van der Waals surface area contributed by atoms with Crippen LogP contribution >= 0.6 is 0 Å². The first-order valence-corrected chi connectivity index (χ1v) is 4.82. The predicted molar refractivity (Wildman–Crippen MR) is 50.8 cm³/mol. The summed E-state index contributed by atoms with van der Waals surface area (Å²) in [6.45, 7) is 0. The van der Waals surface area contributed by atoms with Crippen molar-refractivity contribution in [1.29, 1.82) is 0 Å². The first kappa shape index (κ1) is 9.59. The third-order valence-electron chi connectivity index (χ3n) is 2.89. The normalized spacial score (nSPS) is 19.1. The van der Waals surface area contributed by atoms with Crippen LogP contribution in [0.4, 0.5) is 8.78 Å². The maximum Gasteiger partial charge on any atom is 0.159 e. The lowest BCUT2D eigenvalue weighted by atomic mass is 9.74. The van der Waals surface area contributed by atoms with Crippen molar-refractivity contribution in [3.8, 4) is 0 Å². The number of nitrogens with two attached hydrogens (primary N) is 1. The summed E-state index contributed by atoms with van der Waals surface area (Å²) in [6.07, 6.45) is 3.74. The molecule has 2 rings (SSSR count). The maximum atomic E-state index is 12.9. The van der Waals surface area contributed by atoms with Gasteiger partial charge in [0, 0.05) is 5.54 Å². The van der Waals surface area contributed by atoms with Crippen molar-refractivity contribution in [2.75, 3.05) is 0 Å². The van der Waals surface area contributed by atoms with Gasteiger partial charge < -0.3 is 5.73 Å². The molecule has 2 N–H and O–H groups in total. The van der Waals surface area contributed by atoms with E-state index in [9.17, 15) is 8.78 Å². The fourth-order valence-electron chi connectivity index (χ4n) is 1.86. The minimum absolute atomic E-state index is 0.176. The van der Waals surface area contributed by atoms with Gasteiger partial charge in [-0.15, -0.1) is 0 Å². The lowest BCUT2D eigenvalue weighted by Gasteiger charge is -2.38. The predicted octanol–water partition coefficient (Wildman–Crippen LogP) is 2.39. The molecule has 0 radical (unpaired) electrons. The fourth-order valence-corrected chi connectivity index (χ4v) is 1.86. The Kier molecular flexibility index (Phi) is 2.27. The first-order chi connectivity index (χ1) is 6.59. The van der Waals surface area contributed by atoms with Gasteiger partial charge in [0.25, 0.3) is 0 Å². The van der Waals surface area contributed by atoms with E-state index >= 15 is 0 Å². The summed E-state index contributed by atoms with van der Waals surface area (Å²) in [5.41, 5.74) is 6.61. The monoisotopic (exact) mass is 197 g/mol. The Morgan fingerprint density at radius 1 is 1.21 bits per heavy atom. The quantitative estimate of drug-likeness (QED) is 0.774. The molecule has 1 aliphatic carbocycles. The van der Waals surface area contributed by atoms with Crippen molar-refractivity contribution < 1.29 is 8.78 Å². The molecule has 1 aliphatic rings. The van der Waals surface area contributed by atoms with Gasteiger partial charge in [-0.05, 0) is 43.4 Å². The van der Waals surface area contributed by atoms with E-state index in [0.29, 0.717) is 6.42 Å². The zero-order valence-electron chi connectivity index (χ0n) is 7.89. The van der Waals surface area contributed by atoms with Crippen LogP contribution in [-0.4, -0.2) is 5.54 Å². The van der Waals surface area contributed by atoms with E-state index in [-0.39, 0.29) is 5.54 Å². The van der Waals surface area contributed by atoms with Crippen molar-refractivity contribution in [3.05, 3.63) is 35.4 Å². The Hall–Kier alpha value is -0.960. The Bertz CT molecular complexity index is 345. The van der Waals surface area contributed by atoms with Crippen LogP contribution in [0, 0.1) is 11.6 Å². The molecule has 0 amide bonds. The minimum atomic E-state index is -0.798. The van der Waals surface area contributed by atoms with Crippen LogP contribution in [0.3, 0.4) is 0 Å². The molecule has 0 atom stereocenters. The molecule has 0 bridgehead atoms. The van der Waals surface area contributed by atoms with E-state index < -0.39 is 11.6 Å². The van der Waals surface area contributed by atoms with Crippen molar-refractivity contribution in [2.24, 2.45) is 5.73 Å². The Balaban J connectivity index is 2.13. The average Bonchev–Trinajstić information content (AvgIpc) is 2.09. The van der Waals surface area contributed by atoms with Gasteiger partial charge in [-0.3, -0.25) is 0 Å². The molecular weight excluding hydrogens is 184 g/mol. The van der Waals surface area contributed by atoms with Gasteiger partial charge >= 0.3 is 0 Å². The standard InChI is InChI=1S/C11H13F2N/c12-9-3-2-8(6-10(9)13)7-11(14)4-1-5-11/h2-3,6H,1,4-5,7,14H2. The Labute approximate surface area is 81.9 Å². The van der Waals surface area contributed by atoms with Crippen molar-refractivity contribution in [1.82, 2.24) is 0 Å². The zero-order chi connectivity index (χ0) is 10.2. The van der Waals surface area contributed by atoms with Crippen LogP contribution in [0.25, 0.3) is 0 Å². The van der Waals surface area contributed by atoms with E-state index in [0.717, 1.165) is 30.9 Å². The molecule has 1 fully saturated rings. The number of benzene rings is 1. The molecule has 1 aromatic carbocycles. The Morgan fingerprint density at radius 2 is 1.93 bits per heavy atom. The van der Waals surface area contributed by atoms with Crippen LogP contribution in [0.2, 0.25) is 0 Å². The van der Waals surface area contributed by atoms with Gasteiger partial charge in [0.05, 0.1) is 0 Å². The second kappa shape index (κ2) is 3.31. The summed E-state index contributed by atoms with van der Waals surface area (Å²) < 4.78 is 25.5. The summed E-state index contributed by atoms with van der Waals surface area (Å²) in [5, 5.41) is 0. The van der Waals surface area contributed by atoms with E-state index in [1.165, 1.54) is 6.07 Å². The van der Waals surface area contributed by atoms with Gasteiger partial charge in [0.1, 0.15) is 0 Å². The molecule has 0 aliphatic heterocycles. The van der Waals surface area contributed by atoms with Crippen molar-refractivity contribution >= 4 is 0 Å². The molecule has 76 valence electrons. The molecular formula is C11H13F2N. The topological polar surface area (TPSA) is 26.0 Å².